The predicted octanol–water partition coefficient (Wildman–Crippen LogP) is 4.20. The van der Waals surface area contributed by atoms with Crippen molar-refractivity contribution in [3.63, 3.8) is 0 Å². The van der Waals surface area contributed by atoms with Gasteiger partial charge in [-0.05, 0) is 29.8 Å². The molecule has 144 valence electrons. The predicted molar refractivity (Wildman–Crippen MR) is 113 cm³/mol. The molecule has 3 aromatic carbocycles. The maximum absolute atomic E-state index is 6.76. The molecule has 28 heavy (non-hydrogen) atoms. The fourth-order valence-electron chi connectivity index (χ4n) is 3.72. The normalized spacial score (nSPS) is 19.4. The van der Waals surface area contributed by atoms with E-state index in [2.05, 4.69) is 17.0 Å². The molecule has 0 saturated carbocycles. The number of fused-ring (bicyclic) bond motifs is 1. The van der Waals surface area contributed by atoms with Crippen molar-refractivity contribution < 1.29 is 4.74 Å². The minimum Gasteiger partial charge on any atom is -0.495 e. The molecule has 1 aliphatic rings. The van der Waals surface area contributed by atoms with Crippen LogP contribution >= 0.6 is 11.6 Å². The first-order valence-corrected chi connectivity index (χ1v) is 9.50. The first kappa shape index (κ1) is 18.8. The molecule has 1 heterocycles. The fourth-order valence-corrected chi connectivity index (χ4v) is 3.90. The van der Waals surface area contributed by atoms with Crippen LogP contribution in [0.1, 0.15) is 17.3 Å². The van der Waals surface area contributed by atoms with Gasteiger partial charge in [0.1, 0.15) is 12.0 Å². The molecule has 0 amide bonds. The molecule has 0 bridgehead atoms. The summed E-state index contributed by atoms with van der Waals surface area (Å²) >= 11 is 6.27. The van der Waals surface area contributed by atoms with Crippen LogP contribution in [0.3, 0.4) is 0 Å². The highest BCUT2D eigenvalue weighted by molar-refractivity contribution is 6.30. The van der Waals surface area contributed by atoms with Gasteiger partial charge in [0, 0.05) is 22.8 Å². The van der Waals surface area contributed by atoms with E-state index in [0.717, 1.165) is 28.3 Å². The Morgan fingerprint density at radius 2 is 1.71 bits per heavy atom. The van der Waals surface area contributed by atoms with Crippen molar-refractivity contribution in [1.82, 2.24) is 4.90 Å². The molecule has 0 fully saturated rings. The molecule has 0 aliphatic carbocycles. The standard InChI is InChI=1S/C22H23ClN4O/c1-28-19-12-6-11-18-20(19)27(17-10-5-9-16(23)13-17)22(25)26(21(18)24)14-15-7-3-2-4-8-15/h2-13,21-22H,14,24-25H2,1H3. The van der Waals surface area contributed by atoms with E-state index in [1.54, 1.807) is 7.11 Å². The van der Waals surface area contributed by atoms with Gasteiger partial charge in [-0.2, -0.15) is 0 Å². The summed E-state index contributed by atoms with van der Waals surface area (Å²) in [5, 5.41) is 0.644. The van der Waals surface area contributed by atoms with Gasteiger partial charge in [0.2, 0.25) is 0 Å². The van der Waals surface area contributed by atoms with Gasteiger partial charge in [0.25, 0.3) is 0 Å². The van der Waals surface area contributed by atoms with Gasteiger partial charge in [-0.25, -0.2) is 4.90 Å². The van der Waals surface area contributed by atoms with Crippen molar-refractivity contribution in [1.29, 1.82) is 0 Å². The summed E-state index contributed by atoms with van der Waals surface area (Å²) in [7, 11) is 1.65. The van der Waals surface area contributed by atoms with Gasteiger partial charge in [0.15, 0.2) is 0 Å². The number of halogens is 1. The molecule has 2 atom stereocenters. The molecule has 1 aliphatic heterocycles. The molecule has 6 heteroatoms. The Labute approximate surface area is 170 Å². The van der Waals surface area contributed by atoms with Gasteiger partial charge in [-0.15, -0.1) is 0 Å². The van der Waals surface area contributed by atoms with Crippen molar-refractivity contribution in [2.24, 2.45) is 11.5 Å². The topological polar surface area (TPSA) is 67.8 Å². The SMILES string of the molecule is COc1cccc2c1N(c1cccc(Cl)c1)C(N)N(Cc1ccccc1)C2N. The Bertz CT molecular complexity index is 966. The highest BCUT2D eigenvalue weighted by atomic mass is 35.5. The Hall–Kier alpha value is -2.57. The minimum absolute atomic E-state index is 0.365. The zero-order valence-corrected chi connectivity index (χ0v) is 16.4. The van der Waals surface area contributed by atoms with E-state index in [0.29, 0.717) is 11.6 Å². The van der Waals surface area contributed by atoms with Crippen molar-refractivity contribution in [3.8, 4) is 5.75 Å². The lowest BCUT2D eigenvalue weighted by atomic mass is 10.0. The third-order valence-electron chi connectivity index (χ3n) is 5.07. The molecular weight excluding hydrogens is 372 g/mol. The second-order valence-electron chi connectivity index (χ2n) is 6.76. The van der Waals surface area contributed by atoms with Crippen LogP contribution in [0.5, 0.6) is 5.75 Å². The third-order valence-corrected chi connectivity index (χ3v) is 5.30. The molecule has 0 radical (unpaired) electrons. The fraction of sp³-hybridized carbons (Fsp3) is 0.182. The Kier molecular flexibility index (Phi) is 5.24. The van der Waals surface area contributed by atoms with Crippen LogP contribution in [0.25, 0.3) is 0 Å². The van der Waals surface area contributed by atoms with E-state index in [4.69, 9.17) is 27.8 Å². The molecule has 4 rings (SSSR count). The maximum atomic E-state index is 6.76. The van der Waals surface area contributed by atoms with Crippen molar-refractivity contribution in [3.05, 3.63) is 88.9 Å². The van der Waals surface area contributed by atoms with E-state index in [1.165, 1.54) is 0 Å². The van der Waals surface area contributed by atoms with Gasteiger partial charge in [0.05, 0.1) is 19.0 Å². The van der Waals surface area contributed by atoms with E-state index >= 15 is 0 Å². The summed E-state index contributed by atoms with van der Waals surface area (Å²) in [6.45, 7) is 0.622. The van der Waals surface area contributed by atoms with E-state index < -0.39 is 6.29 Å². The monoisotopic (exact) mass is 394 g/mol. The van der Waals surface area contributed by atoms with Crippen molar-refractivity contribution in [2.75, 3.05) is 12.0 Å². The average molecular weight is 395 g/mol. The largest absolute Gasteiger partial charge is 0.495 e. The summed E-state index contributed by atoms with van der Waals surface area (Å²) in [4.78, 5) is 4.10. The number of anilines is 2. The highest BCUT2D eigenvalue weighted by Crippen LogP contribution is 2.45. The summed E-state index contributed by atoms with van der Waals surface area (Å²) in [5.74, 6) is 0.725. The molecule has 2 unspecified atom stereocenters. The van der Waals surface area contributed by atoms with E-state index in [-0.39, 0.29) is 6.17 Å². The van der Waals surface area contributed by atoms with Gasteiger partial charge in [-0.3, -0.25) is 5.73 Å². The zero-order chi connectivity index (χ0) is 19.7. The van der Waals surface area contributed by atoms with Crippen molar-refractivity contribution >= 4 is 23.0 Å². The second kappa shape index (κ2) is 7.81. The quantitative estimate of drug-likeness (QED) is 0.694. The molecule has 4 N–H and O–H groups in total. The van der Waals surface area contributed by atoms with Gasteiger partial charge >= 0.3 is 0 Å². The number of nitrogens with two attached hydrogens (primary N) is 2. The van der Waals surface area contributed by atoms with Crippen LogP contribution in [0.15, 0.2) is 72.8 Å². The number of para-hydroxylation sites is 1. The Morgan fingerprint density at radius 1 is 0.964 bits per heavy atom. The van der Waals surface area contributed by atoms with Gasteiger partial charge < -0.3 is 15.4 Å². The number of nitrogens with zero attached hydrogens (tertiary/aromatic N) is 2. The van der Waals surface area contributed by atoms with Crippen LogP contribution < -0.4 is 21.1 Å². The van der Waals surface area contributed by atoms with Crippen LogP contribution in [-0.2, 0) is 6.54 Å². The molecule has 5 nitrogen and oxygen atoms in total. The van der Waals surface area contributed by atoms with E-state index in [1.807, 2.05) is 65.6 Å². The smallest absolute Gasteiger partial charge is 0.142 e. The Balaban J connectivity index is 1.85. The summed E-state index contributed by atoms with van der Waals surface area (Å²) in [6.07, 6.45) is -0.854. The third kappa shape index (κ3) is 3.34. The lowest BCUT2D eigenvalue weighted by Gasteiger charge is -2.47. The molecule has 0 saturated heterocycles. The number of ether oxygens (including phenoxy) is 1. The highest BCUT2D eigenvalue weighted by Gasteiger charge is 2.38. The lowest BCUT2D eigenvalue weighted by Crippen LogP contribution is -2.58. The van der Waals surface area contributed by atoms with E-state index in [9.17, 15) is 0 Å². The zero-order valence-electron chi connectivity index (χ0n) is 15.6. The van der Waals surface area contributed by atoms with Crippen LogP contribution in [0.2, 0.25) is 5.02 Å². The molecule has 0 spiro atoms. The number of hydrogen-bond donors (Lipinski definition) is 2. The average Bonchev–Trinajstić information content (AvgIpc) is 2.72. The molecule has 3 aromatic rings. The van der Waals surface area contributed by atoms with Crippen LogP contribution in [-0.4, -0.2) is 18.3 Å². The number of benzene rings is 3. The second-order valence-corrected chi connectivity index (χ2v) is 7.20. The maximum Gasteiger partial charge on any atom is 0.142 e. The van der Waals surface area contributed by atoms with Crippen molar-refractivity contribution in [2.45, 2.75) is 19.0 Å². The summed E-state index contributed by atoms with van der Waals surface area (Å²) in [5.41, 5.74) is 17.3. The van der Waals surface area contributed by atoms with Crippen LogP contribution in [0.4, 0.5) is 11.4 Å². The first-order chi connectivity index (χ1) is 13.6. The summed E-state index contributed by atoms with van der Waals surface area (Å²) in [6, 6.07) is 23.7. The molecule has 0 aromatic heterocycles. The lowest BCUT2D eigenvalue weighted by molar-refractivity contribution is 0.120. The molecular formula is C22H23ClN4O. The number of rotatable bonds is 4. The summed E-state index contributed by atoms with van der Waals surface area (Å²) < 4.78 is 5.64. The van der Waals surface area contributed by atoms with Crippen LogP contribution in [0, 0.1) is 0 Å². The Morgan fingerprint density at radius 3 is 2.43 bits per heavy atom. The first-order valence-electron chi connectivity index (χ1n) is 9.12. The number of hydrogen-bond acceptors (Lipinski definition) is 5. The van der Waals surface area contributed by atoms with Gasteiger partial charge in [-0.1, -0.05) is 60.1 Å². The number of methoxy groups -OCH3 is 1. The minimum atomic E-state index is -0.488.